The van der Waals surface area contributed by atoms with Crippen LogP contribution in [0.25, 0.3) is 11.2 Å². The van der Waals surface area contributed by atoms with Crippen LogP contribution in [0.15, 0.2) is 28.5 Å². The molecule has 6 heterocycles. The third-order valence-corrected chi connectivity index (χ3v) is 9.89. The number of phosphoric ester groups is 2. The number of fused-ring (bicyclic) bond motifs is 7. The lowest BCUT2D eigenvalue weighted by Gasteiger charge is -2.25. The molecule has 6 rings (SSSR count). The first-order chi connectivity index (χ1) is 20.7. The predicted octanol–water partition coefficient (Wildman–Crippen LogP) is 0.892. The van der Waals surface area contributed by atoms with Crippen molar-refractivity contribution < 1.29 is 65.5 Å². The van der Waals surface area contributed by atoms with Crippen LogP contribution in [0.2, 0.25) is 0 Å². The molecule has 4 aliphatic heterocycles. The van der Waals surface area contributed by atoms with Crippen molar-refractivity contribution in [2.24, 2.45) is 0 Å². The first-order valence-corrected chi connectivity index (χ1v) is 16.6. The van der Waals surface area contributed by atoms with Crippen molar-refractivity contribution in [3.05, 3.63) is 34.1 Å². The van der Waals surface area contributed by atoms with E-state index >= 15 is 0 Å². The number of hydrogen-bond donors (Lipinski definition) is 2. The molecule has 19 nitrogen and oxygen atoms in total. The van der Waals surface area contributed by atoms with Crippen molar-refractivity contribution >= 4 is 54.7 Å². The monoisotopic (exact) mass is 728 g/mol. The minimum atomic E-state index is -5.34. The minimum Gasteiger partial charge on any atom is -0.456 e. The number of rotatable bonds is 5. The van der Waals surface area contributed by atoms with Crippen LogP contribution in [0.4, 0.5) is 0 Å². The molecule has 0 saturated carbocycles. The summed E-state index contributed by atoms with van der Waals surface area (Å²) in [6.45, 7) is 4.07. The number of carbonyl (C=O) groups is 2. The van der Waals surface area contributed by atoms with Crippen LogP contribution in [-0.2, 0) is 55.8 Å². The van der Waals surface area contributed by atoms with Gasteiger partial charge in [0.25, 0.3) is 5.56 Å². The van der Waals surface area contributed by atoms with Gasteiger partial charge in [0.15, 0.2) is 34.3 Å². The van der Waals surface area contributed by atoms with Crippen molar-refractivity contribution in [3.8, 4) is 0 Å². The van der Waals surface area contributed by atoms with Gasteiger partial charge in [-0.25, -0.2) is 19.1 Å². The predicted molar refractivity (Wildman–Crippen MR) is 146 cm³/mol. The number of phosphoric acid groups is 2. The largest absolute Gasteiger partial charge is 0.481 e. The Morgan fingerprint density at radius 1 is 1.09 bits per heavy atom. The van der Waals surface area contributed by atoms with Crippen LogP contribution in [0.3, 0.4) is 0 Å². The van der Waals surface area contributed by atoms with Crippen LogP contribution >= 0.6 is 31.6 Å². The number of esters is 2. The molecule has 0 spiro atoms. The number of hydrogen-bond acceptors (Lipinski definition) is 15. The Labute approximate surface area is 256 Å². The van der Waals surface area contributed by atoms with Crippen LogP contribution in [0.1, 0.15) is 26.1 Å². The van der Waals surface area contributed by atoms with E-state index < -0.39 is 89.1 Å². The molecule has 0 amide bonds. The Kier molecular flexibility index (Phi) is 9.61. The molecule has 0 aromatic carbocycles. The smallest absolute Gasteiger partial charge is 0.456 e. The summed E-state index contributed by atoms with van der Waals surface area (Å²) in [5, 5.41) is 0. The van der Waals surface area contributed by atoms with E-state index in [1.54, 1.807) is 0 Å². The van der Waals surface area contributed by atoms with E-state index in [9.17, 15) is 33.3 Å². The van der Waals surface area contributed by atoms with Gasteiger partial charge in [-0.15, -0.1) is 6.58 Å². The third kappa shape index (κ3) is 6.75. The maximum atomic E-state index is 13.7. The van der Waals surface area contributed by atoms with E-state index in [2.05, 4.69) is 36.8 Å². The molecule has 0 aliphatic carbocycles. The molecule has 4 aliphatic rings. The fraction of sp³-hybridized carbons (Fsp3) is 0.591. The Morgan fingerprint density at radius 3 is 2.36 bits per heavy atom. The number of ether oxygens (including phenoxy) is 5. The average molecular weight is 729 g/mol. The molecule has 0 radical (unpaired) electrons. The molecule has 2 unspecified atom stereocenters. The van der Waals surface area contributed by atoms with E-state index in [1.165, 1.54) is 21.5 Å². The van der Waals surface area contributed by atoms with Crippen LogP contribution in [-0.4, -0.2) is 97.8 Å². The summed E-state index contributed by atoms with van der Waals surface area (Å²) in [5.74, 6) is -1.65. The molecule has 2 fully saturated rings. The van der Waals surface area contributed by atoms with Crippen molar-refractivity contribution in [2.45, 2.75) is 56.6 Å². The fourth-order valence-corrected chi connectivity index (χ4v) is 7.71. The summed E-state index contributed by atoms with van der Waals surface area (Å²) < 4.78 is 70.3. The molecule has 8 bridgehead atoms. The Balaban J connectivity index is 1.66. The van der Waals surface area contributed by atoms with Gasteiger partial charge in [-0.05, 0) is 15.9 Å². The molecule has 2 saturated heterocycles. The normalized spacial score (nSPS) is 35.8. The maximum absolute atomic E-state index is 13.7. The Hall–Kier alpha value is -2.35. The van der Waals surface area contributed by atoms with Crippen molar-refractivity contribution in [1.82, 2.24) is 19.1 Å². The highest BCUT2D eigenvalue weighted by molar-refractivity contribution is 9.10. The van der Waals surface area contributed by atoms with Gasteiger partial charge in [0.05, 0.1) is 32.5 Å². The molecular formula is C22H27BrN4O15P2. The van der Waals surface area contributed by atoms with Gasteiger partial charge in [0, 0.05) is 13.8 Å². The lowest BCUT2D eigenvalue weighted by Crippen LogP contribution is -2.40. The Bertz CT molecular complexity index is 1620. The molecule has 2 aromatic rings. The van der Waals surface area contributed by atoms with E-state index in [4.69, 9.17) is 32.7 Å². The zero-order valence-corrected chi connectivity index (χ0v) is 26.4. The lowest BCUT2D eigenvalue weighted by molar-refractivity contribution is -0.165. The number of carbonyl (C=O) groups excluding carboxylic acids is 2. The number of nitrogens with zero attached hydrogens (tertiary/aromatic N) is 4. The van der Waals surface area contributed by atoms with Gasteiger partial charge >= 0.3 is 27.6 Å². The van der Waals surface area contributed by atoms with Gasteiger partial charge in [-0.3, -0.25) is 32.6 Å². The molecule has 2 aromatic heterocycles. The van der Waals surface area contributed by atoms with Gasteiger partial charge in [0.2, 0.25) is 0 Å². The summed E-state index contributed by atoms with van der Waals surface area (Å²) in [4.78, 5) is 67.0. The standard InChI is InChI=1S/C22H27BrN4O15P2/c1-4-5-35-16-12-6-36-13(16)7-37-43(31,32)42-44(33,34)38-8-14-17(39-10(2)28)18(40-11(3)29)21(41-14)27-19-15(25-22(27)23)20(30)26(12)9-24-19/h4,9,12-14,16-18,21H,1,5-8H2,2-3H3,(H,31,32)(H,33,34)/t12-,13-,14-,16+,17-,18-,21-/m1/s1. The first kappa shape index (κ1) is 33.0. The lowest BCUT2D eigenvalue weighted by atomic mass is 10.1. The molecule has 9 atom stereocenters. The summed E-state index contributed by atoms with van der Waals surface area (Å²) in [6, 6.07) is -0.837. The van der Waals surface area contributed by atoms with E-state index in [0.717, 1.165) is 13.8 Å². The summed E-state index contributed by atoms with van der Waals surface area (Å²) >= 11 is 3.28. The van der Waals surface area contributed by atoms with Crippen molar-refractivity contribution in [1.29, 1.82) is 0 Å². The zero-order chi connectivity index (χ0) is 32.0. The summed E-state index contributed by atoms with van der Waals surface area (Å²) in [7, 11) is -10.6. The molecule has 22 heteroatoms. The summed E-state index contributed by atoms with van der Waals surface area (Å²) in [5.41, 5.74) is -0.803. The third-order valence-electron chi connectivity index (χ3n) is 6.73. The SMILES string of the molecule is C=CCO[C@H]1[C@H]2CO[C@@H]1COP(=O)(O)OP(=O)(O)OC[C@H]1O[C@H]([C@H](OC(C)=O)[C@@H]1OC(C)=O)n1c(Br)nc3c(=O)n2cnc31. The highest BCUT2D eigenvalue weighted by atomic mass is 79.9. The number of aromatic nitrogens is 4. The molecular weight excluding hydrogens is 702 g/mol. The molecule has 242 valence electrons. The van der Waals surface area contributed by atoms with Crippen LogP contribution in [0.5, 0.6) is 0 Å². The average Bonchev–Trinajstić information content (AvgIpc) is 3.57. The second-order valence-electron chi connectivity index (χ2n) is 9.73. The number of imidazole rings is 1. The van der Waals surface area contributed by atoms with E-state index in [1.807, 2.05) is 0 Å². The topological polar surface area (TPSA) is 235 Å². The van der Waals surface area contributed by atoms with E-state index in [-0.39, 0.29) is 29.1 Å². The van der Waals surface area contributed by atoms with Crippen molar-refractivity contribution in [3.63, 3.8) is 0 Å². The van der Waals surface area contributed by atoms with Gasteiger partial charge < -0.3 is 33.5 Å². The number of halogens is 1. The highest BCUT2D eigenvalue weighted by Crippen LogP contribution is 2.61. The van der Waals surface area contributed by atoms with Gasteiger partial charge in [-0.1, -0.05) is 6.08 Å². The van der Waals surface area contributed by atoms with Gasteiger partial charge in [-0.2, -0.15) is 4.31 Å². The summed E-state index contributed by atoms with van der Waals surface area (Å²) in [6.07, 6.45) is -5.03. The van der Waals surface area contributed by atoms with Crippen LogP contribution in [0, 0.1) is 0 Å². The second kappa shape index (κ2) is 12.8. The second-order valence-corrected chi connectivity index (χ2v) is 13.5. The maximum Gasteiger partial charge on any atom is 0.481 e. The van der Waals surface area contributed by atoms with Crippen LogP contribution < -0.4 is 5.56 Å². The molecule has 2 N–H and O–H groups in total. The highest BCUT2D eigenvalue weighted by Gasteiger charge is 2.52. The quantitative estimate of drug-likeness (QED) is 0.188. The van der Waals surface area contributed by atoms with E-state index in [0.29, 0.717) is 0 Å². The Morgan fingerprint density at radius 2 is 1.73 bits per heavy atom. The zero-order valence-electron chi connectivity index (χ0n) is 23.0. The van der Waals surface area contributed by atoms with Gasteiger partial charge in [0.1, 0.15) is 24.6 Å². The fourth-order valence-electron chi connectivity index (χ4n) is 5.07. The van der Waals surface area contributed by atoms with Crippen molar-refractivity contribution in [2.75, 3.05) is 26.4 Å². The first-order valence-electron chi connectivity index (χ1n) is 12.9. The minimum absolute atomic E-state index is 0.000182. The molecule has 44 heavy (non-hydrogen) atoms.